The second-order valence-electron chi connectivity index (χ2n) is 7.55. The number of nitrogens with one attached hydrogen (secondary N) is 2. The van der Waals surface area contributed by atoms with Crippen molar-refractivity contribution < 1.29 is 13.9 Å². The van der Waals surface area contributed by atoms with Gasteiger partial charge < -0.3 is 15.4 Å². The van der Waals surface area contributed by atoms with Crippen molar-refractivity contribution in [3.05, 3.63) is 65.6 Å². The number of aromatic nitrogens is 2. The van der Waals surface area contributed by atoms with Gasteiger partial charge in [0.2, 0.25) is 0 Å². The minimum Gasteiger partial charge on any atom is -0.481 e. The van der Waals surface area contributed by atoms with E-state index >= 15 is 0 Å². The lowest BCUT2D eigenvalue weighted by atomic mass is 10.1. The largest absolute Gasteiger partial charge is 0.481 e. The van der Waals surface area contributed by atoms with Crippen LogP contribution >= 0.6 is 0 Å². The molecule has 0 saturated heterocycles. The zero-order valence-corrected chi connectivity index (χ0v) is 16.6. The number of aliphatic imine (C=N–C) groups is 1. The summed E-state index contributed by atoms with van der Waals surface area (Å²) in [4.78, 5) is 24.9. The van der Waals surface area contributed by atoms with Crippen LogP contribution in [0.4, 0.5) is 15.9 Å². The van der Waals surface area contributed by atoms with Crippen LogP contribution in [0.2, 0.25) is 0 Å². The number of amides is 1. The van der Waals surface area contributed by atoms with Gasteiger partial charge in [0, 0.05) is 29.7 Å². The third-order valence-corrected chi connectivity index (χ3v) is 5.06. The van der Waals surface area contributed by atoms with E-state index in [0.717, 1.165) is 24.1 Å². The normalized spacial score (nSPS) is 14.2. The second kappa shape index (κ2) is 8.14. The highest BCUT2D eigenvalue weighted by atomic mass is 19.1. The van der Waals surface area contributed by atoms with Crippen molar-refractivity contribution in [3.63, 3.8) is 0 Å². The van der Waals surface area contributed by atoms with E-state index in [1.165, 1.54) is 17.7 Å². The topological polar surface area (TPSA) is 88.5 Å². The first kappa shape index (κ1) is 19.2. The van der Waals surface area contributed by atoms with Crippen LogP contribution in [0.15, 0.2) is 53.7 Å². The van der Waals surface area contributed by atoms with Gasteiger partial charge in [-0.3, -0.25) is 9.79 Å². The molecule has 1 fully saturated rings. The number of carbonyl (C=O) groups is 1. The van der Waals surface area contributed by atoms with Crippen LogP contribution in [0.3, 0.4) is 0 Å². The molecule has 2 heterocycles. The molecular weight excluding hydrogens is 397 g/mol. The van der Waals surface area contributed by atoms with E-state index in [-0.39, 0.29) is 24.3 Å². The zero-order valence-electron chi connectivity index (χ0n) is 16.6. The molecule has 7 nitrogen and oxygen atoms in total. The number of ether oxygens (including phenoxy) is 1. The average Bonchev–Trinajstić information content (AvgIpc) is 3.46. The Labute approximate surface area is 178 Å². The number of rotatable bonds is 7. The van der Waals surface area contributed by atoms with Crippen LogP contribution in [-0.2, 0) is 11.3 Å². The van der Waals surface area contributed by atoms with E-state index in [2.05, 4.69) is 25.6 Å². The minimum absolute atomic E-state index is 0.0108. The Hall–Kier alpha value is -3.81. The van der Waals surface area contributed by atoms with Crippen LogP contribution in [-0.4, -0.2) is 34.7 Å². The molecule has 8 heteroatoms. The van der Waals surface area contributed by atoms with Gasteiger partial charge in [0.25, 0.3) is 5.91 Å². The number of hydrogen-bond donors (Lipinski definition) is 2. The molecule has 1 aliphatic heterocycles. The first-order chi connectivity index (χ1) is 15.1. The fourth-order valence-electron chi connectivity index (χ4n) is 3.29. The molecule has 156 valence electrons. The summed E-state index contributed by atoms with van der Waals surface area (Å²) < 4.78 is 19.6. The molecule has 2 N–H and O–H groups in total. The van der Waals surface area contributed by atoms with Crippen LogP contribution < -0.4 is 15.4 Å². The summed E-state index contributed by atoms with van der Waals surface area (Å²) in [7, 11) is 0. The molecule has 0 radical (unpaired) electrons. The molecule has 1 aliphatic carbocycles. The van der Waals surface area contributed by atoms with Gasteiger partial charge in [-0.25, -0.2) is 14.4 Å². The van der Waals surface area contributed by atoms with Crippen LogP contribution in [0.25, 0.3) is 11.4 Å². The Morgan fingerprint density at radius 2 is 2.06 bits per heavy atom. The molecule has 0 unspecified atom stereocenters. The summed E-state index contributed by atoms with van der Waals surface area (Å²) in [5, 5.41) is 6.07. The summed E-state index contributed by atoms with van der Waals surface area (Å²) in [5.74, 6) is 0.213. The van der Waals surface area contributed by atoms with Crippen LogP contribution in [0.5, 0.6) is 5.75 Å². The fraction of sp³-hybridized carbons (Fsp3) is 0.217. The number of benzene rings is 2. The molecule has 31 heavy (non-hydrogen) atoms. The summed E-state index contributed by atoms with van der Waals surface area (Å²) >= 11 is 0. The monoisotopic (exact) mass is 417 g/mol. The molecule has 0 atom stereocenters. The molecule has 0 spiro atoms. The molecule has 1 saturated carbocycles. The maximum absolute atomic E-state index is 14.2. The number of halogens is 1. The predicted octanol–water partition coefficient (Wildman–Crippen LogP) is 3.62. The van der Waals surface area contributed by atoms with Crippen molar-refractivity contribution in [2.45, 2.75) is 25.4 Å². The minimum atomic E-state index is -0.544. The molecule has 1 amide bonds. The summed E-state index contributed by atoms with van der Waals surface area (Å²) in [6, 6.07) is 12.4. The highest BCUT2D eigenvalue weighted by molar-refractivity contribution is 5.86. The van der Waals surface area contributed by atoms with E-state index in [4.69, 9.17) is 4.74 Å². The summed E-state index contributed by atoms with van der Waals surface area (Å²) in [6.45, 7) is 0.478. The lowest BCUT2D eigenvalue weighted by molar-refractivity contribution is -0.123. The number of nitrogens with zero attached hydrogens (tertiary/aromatic N) is 3. The quantitative estimate of drug-likeness (QED) is 0.613. The molecular formula is C23H20FN5O2. The molecule has 5 rings (SSSR count). The number of carbonyl (C=O) groups excluding carboxylic acids is 1. The lowest BCUT2D eigenvalue weighted by Gasteiger charge is -2.10. The maximum Gasteiger partial charge on any atom is 0.258 e. The van der Waals surface area contributed by atoms with Crippen molar-refractivity contribution in [1.29, 1.82) is 0 Å². The maximum atomic E-state index is 14.2. The highest BCUT2D eigenvalue weighted by Gasteiger charge is 2.23. The fourth-order valence-corrected chi connectivity index (χ4v) is 3.29. The number of fused-ring (bicyclic) bond motifs is 1. The van der Waals surface area contributed by atoms with Crippen LogP contribution in [0.1, 0.15) is 24.0 Å². The van der Waals surface area contributed by atoms with Gasteiger partial charge in [0.05, 0.1) is 6.54 Å². The first-order valence-corrected chi connectivity index (χ1v) is 10.1. The lowest BCUT2D eigenvalue weighted by Crippen LogP contribution is -2.30. The first-order valence-electron chi connectivity index (χ1n) is 10.1. The van der Waals surface area contributed by atoms with Gasteiger partial charge in [0.15, 0.2) is 24.0 Å². The molecule has 1 aromatic heterocycles. The SMILES string of the molecule is O=C(COc1cc(-c2nccc(Nc3ccc4c(c3)C=NC4)n2)ccc1F)NC1CC1. The number of hydrogen-bond acceptors (Lipinski definition) is 6. The Bertz CT molecular complexity index is 1180. The Balaban J connectivity index is 1.31. The van der Waals surface area contributed by atoms with Crippen molar-refractivity contribution in [3.8, 4) is 17.1 Å². The standard InChI is InChI=1S/C23H20FN5O2/c24-19-6-2-14(10-20(19)31-13-22(30)28-17-4-5-17)23-26-8-7-21(29-23)27-18-3-1-15-11-25-12-16(15)9-18/h1-3,6-10,12,17H,4-5,11,13H2,(H,28,30)(H,26,27,29). The van der Waals surface area contributed by atoms with Gasteiger partial charge >= 0.3 is 0 Å². The van der Waals surface area contributed by atoms with Crippen LogP contribution in [0, 0.1) is 5.82 Å². The van der Waals surface area contributed by atoms with Crippen molar-refractivity contribution in [2.75, 3.05) is 11.9 Å². The molecule has 2 aromatic carbocycles. The van der Waals surface area contributed by atoms with Gasteiger partial charge in [-0.05, 0) is 60.4 Å². The van der Waals surface area contributed by atoms with Crippen molar-refractivity contribution >= 4 is 23.6 Å². The second-order valence-corrected chi connectivity index (χ2v) is 7.55. The van der Waals surface area contributed by atoms with E-state index in [1.54, 1.807) is 18.3 Å². The van der Waals surface area contributed by atoms with Crippen molar-refractivity contribution in [1.82, 2.24) is 15.3 Å². The van der Waals surface area contributed by atoms with E-state index < -0.39 is 5.82 Å². The highest BCUT2D eigenvalue weighted by Crippen LogP contribution is 2.26. The van der Waals surface area contributed by atoms with E-state index in [1.807, 2.05) is 24.4 Å². The van der Waals surface area contributed by atoms with E-state index in [9.17, 15) is 9.18 Å². The van der Waals surface area contributed by atoms with E-state index in [0.29, 0.717) is 23.8 Å². The molecule has 3 aromatic rings. The van der Waals surface area contributed by atoms with Gasteiger partial charge in [-0.15, -0.1) is 0 Å². The summed E-state index contributed by atoms with van der Waals surface area (Å²) in [6.07, 6.45) is 5.45. The Kier molecular flexibility index (Phi) is 5.03. The average molecular weight is 417 g/mol. The third-order valence-electron chi connectivity index (χ3n) is 5.06. The molecule has 0 bridgehead atoms. The van der Waals surface area contributed by atoms with Crippen molar-refractivity contribution in [2.24, 2.45) is 4.99 Å². The van der Waals surface area contributed by atoms with Gasteiger partial charge in [-0.1, -0.05) is 6.07 Å². The smallest absolute Gasteiger partial charge is 0.258 e. The van der Waals surface area contributed by atoms with Gasteiger partial charge in [-0.2, -0.15) is 0 Å². The molecule has 2 aliphatic rings. The van der Waals surface area contributed by atoms with Gasteiger partial charge in [0.1, 0.15) is 5.82 Å². The third kappa shape index (κ3) is 4.53. The number of anilines is 2. The zero-order chi connectivity index (χ0) is 21.2. The predicted molar refractivity (Wildman–Crippen MR) is 115 cm³/mol. The summed E-state index contributed by atoms with van der Waals surface area (Å²) in [5.41, 5.74) is 3.76. The Morgan fingerprint density at radius 3 is 2.94 bits per heavy atom. The Morgan fingerprint density at radius 1 is 1.16 bits per heavy atom.